The van der Waals surface area contributed by atoms with Crippen molar-refractivity contribution >= 4 is 0 Å². The second-order valence-corrected chi connectivity index (χ2v) is 7.27. The van der Waals surface area contributed by atoms with Crippen LogP contribution in [0.25, 0.3) is 0 Å². The molecular formula is C21H44O2. The van der Waals surface area contributed by atoms with E-state index >= 15 is 0 Å². The van der Waals surface area contributed by atoms with E-state index in [1.165, 1.54) is 96.3 Å². The Hall–Kier alpha value is -0.0800. The Bertz CT molecular complexity index is 202. The van der Waals surface area contributed by atoms with Gasteiger partial charge in [0, 0.05) is 13.2 Å². The molecule has 0 aliphatic heterocycles. The van der Waals surface area contributed by atoms with Gasteiger partial charge < -0.3 is 10.2 Å². The summed E-state index contributed by atoms with van der Waals surface area (Å²) in [7, 11) is 0. The van der Waals surface area contributed by atoms with Crippen LogP contribution in [-0.2, 0) is 0 Å². The maximum atomic E-state index is 9.14. The Kier molecular flexibility index (Phi) is 19.9. The van der Waals surface area contributed by atoms with Crippen LogP contribution in [0, 0.1) is 5.92 Å². The minimum Gasteiger partial charge on any atom is -0.396 e. The van der Waals surface area contributed by atoms with Crippen LogP contribution in [0.3, 0.4) is 0 Å². The lowest BCUT2D eigenvalue weighted by Gasteiger charge is -2.10. The fourth-order valence-electron chi connectivity index (χ4n) is 3.27. The quantitative estimate of drug-likeness (QED) is 0.276. The summed E-state index contributed by atoms with van der Waals surface area (Å²) < 4.78 is 0. The lowest BCUT2D eigenvalue weighted by Crippen LogP contribution is -2.03. The molecule has 0 heterocycles. The second-order valence-electron chi connectivity index (χ2n) is 7.27. The Morgan fingerprint density at radius 1 is 0.522 bits per heavy atom. The Morgan fingerprint density at radius 3 is 1.17 bits per heavy atom. The van der Waals surface area contributed by atoms with E-state index in [0.717, 1.165) is 12.8 Å². The molecule has 0 spiro atoms. The highest BCUT2D eigenvalue weighted by Crippen LogP contribution is 2.16. The van der Waals surface area contributed by atoms with Crippen molar-refractivity contribution in [1.29, 1.82) is 0 Å². The highest BCUT2D eigenvalue weighted by atomic mass is 16.3. The van der Waals surface area contributed by atoms with Crippen LogP contribution in [0.15, 0.2) is 0 Å². The van der Waals surface area contributed by atoms with E-state index in [4.69, 9.17) is 10.2 Å². The number of hydrogen-bond donors (Lipinski definition) is 2. The molecule has 0 rings (SSSR count). The number of aliphatic hydroxyl groups excluding tert-OH is 2. The molecule has 0 saturated heterocycles. The molecule has 0 aliphatic rings. The van der Waals surface area contributed by atoms with Gasteiger partial charge in [-0.3, -0.25) is 0 Å². The monoisotopic (exact) mass is 328 g/mol. The summed E-state index contributed by atoms with van der Waals surface area (Å²) >= 11 is 0. The third-order valence-corrected chi connectivity index (χ3v) is 5.11. The average molecular weight is 329 g/mol. The smallest absolute Gasteiger partial charge is 0.0459 e. The molecule has 1 atom stereocenters. The van der Waals surface area contributed by atoms with Crippen molar-refractivity contribution in [2.24, 2.45) is 5.92 Å². The zero-order chi connectivity index (χ0) is 17.0. The molecule has 1 unspecified atom stereocenters. The van der Waals surface area contributed by atoms with Crippen molar-refractivity contribution in [2.75, 3.05) is 13.2 Å². The summed E-state index contributed by atoms with van der Waals surface area (Å²) in [5.74, 6) is 0.546. The van der Waals surface area contributed by atoms with Crippen LogP contribution >= 0.6 is 0 Å². The highest BCUT2D eigenvalue weighted by Gasteiger charge is 2.03. The van der Waals surface area contributed by atoms with Gasteiger partial charge in [0.25, 0.3) is 0 Å². The maximum absolute atomic E-state index is 9.14. The lowest BCUT2D eigenvalue weighted by atomic mass is 9.98. The molecule has 0 fully saturated rings. The molecule has 23 heavy (non-hydrogen) atoms. The van der Waals surface area contributed by atoms with Gasteiger partial charge in [-0.15, -0.1) is 0 Å². The maximum Gasteiger partial charge on any atom is 0.0459 e. The first-order chi connectivity index (χ1) is 11.3. The summed E-state index contributed by atoms with van der Waals surface area (Å²) in [6, 6.07) is 0. The summed E-state index contributed by atoms with van der Waals surface area (Å²) in [5.41, 5.74) is 0. The molecule has 0 aromatic rings. The SMILES string of the molecule is CCC(CO)CCCCCCCCCCCCCCCCCO. The van der Waals surface area contributed by atoms with E-state index < -0.39 is 0 Å². The third-order valence-electron chi connectivity index (χ3n) is 5.11. The van der Waals surface area contributed by atoms with Crippen LogP contribution in [0.5, 0.6) is 0 Å². The lowest BCUT2D eigenvalue weighted by molar-refractivity contribution is 0.211. The molecule has 0 aliphatic carbocycles. The zero-order valence-electron chi connectivity index (χ0n) is 15.9. The average Bonchev–Trinajstić information content (AvgIpc) is 2.58. The number of aliphatic hydroxyl groups is 2. The van der Waals surface area contributed by atoms with Crippen molar-refractivity contribution in [3.05, 3.63) is 0 Å². The topological polar surface area (TPSA) is 40.5 Å². The van der Waals surface area contributed by atoms with Gasteiger partial charge in [-0.1, -0.05) is 103 Å². The van der Waals surface area contributed by atoms with Gasteiger partial charge in [-0.25, -0.2) is 0 Å². The van der Waals surface area contributed by atoms with E-state index in [9.17, 15) is 0 Å². The molecule has 0 radical (unpaired) electrons. The third kappa shape index (κ3) is 18.1. The number of rotatable bonds is 19. The highest BCUT2D eigenvalue weighted by molar-refractivity contribution is 4.56. The van der Waals surface area contributed by atoms with Crippen LogP contribution in [0.1, 0.15) is 116 Å². The molecule has 2 N–H and O–H groups in total. The molecule has 140 valence electrons. The largest absolute Gasteiger partial charge is 0.396 e. The standard InChI is InChI=1S/C21H44O2/c1-2-21(20-23)18-16-14-12-10-8-6-4-3-5-7-9-11-13-15-17-19-22/h21-23H,2-20H2,1H3. The van der Waals surface area contributed by atoms with Gasteiger partial charge >= 0.3 is 0 Å². The van der Waals surface area contributed by atoms with Crippen molar-refractivity contribution in [3.63, 3.8) is 0 Å². The summed E-state index contributed by atoms with van der Waals surface area (Å²) in [4.78, 5) is 0. The van der Waals surface area contributed by atoms with E-state index in [0.29, 0.717) is 19.1 Å². The molecule has 2 nitrogen and oxygen atoms in total. The van der Waals surface area contributed by atoms with E-state index in [1.807, 2.05) is 0 Å². The van der Waals surface area contributed by atoms with Gasteiger partial charge in [0.15, 0.2) is 0 Å². The normalized spacial score (nSPS) is 12.7. The first-order valence-electron chi connectivity index (χ1n) is 10.6. The Balaban J connectivity index is 3.02. The first-order valence-corrected chi connectivity index (χ1v) is 10.6. The number of hydrogen-bond acceptors (Lipinski definition) is 2. The van der Waals surface area contributed by atoms with Crippen LogP contribution in [-0.4, -0.2) is 23.4 Å². The fourth-order valence-corrected chi connectivity index (χ4v) is 3.27. The van der Waals surface area contributed by atoms with Crippen molar-refractivity contribution in [2.45, 2.75) is 116 Å². The van der Waals surface area contributed by atoms with Gasteiger partial charge in [-0.2, -0.15) is 0 Å². The summed E-state index contributed by atoms with van der Waals surface area (Å²) in [5, 5.41) is 17.8. The zero-order valence-corrected chi connectivity index (χ0v) is 15.9. The van der Waals surface area contributed by atoms with Gasteiger partial charge in [0.1, 0.15) is 0 Å². The molecule has 0 saturated carbocycles. The second kappa shape index (κ2) is 20.0. The molecule has 2 heteroatoms. The Morgan fingerprint density at radius 2 is 0.870 bits per heavy atom. The summed E-state index contributed by atoms with van der Waals surface area (Å²) in [6.45, 7) is 2.92. The van der Waals surface area contributed by atoms with Crippen LogP contribution in [0.4, 0.5) is 0 Å². The predicted octanol–water partition coefficient (Wildman–Crippen LogP) is 6.24. The molecule has 0 amide bonds. The van der Waals surface area contributed by atoms with E-state index in [1.54, 1.807) is 0 Å². The van der Waals surface area contributed by atoms with Gasteiger partial charge in [0.05, 0.1) is 0 Å². The first kappa shape index (κ1) is 22.9. The molecule has 0 bridgehead atoms. The molecule has 0 aromatic heterocycles. The van der Waals surface area contributed by atoms with Crippen molar-refractivity contribution < 1.29 is 10.2 Å². The van der Waals surface area contributed by atoms with Crippen LogP contribution in [0.2, 0.25) is 0 Å². The van der Waals surface area contributed by atoms with E-state index in [-0.39, 0.29) is 0 Å². The Labute approximate surface area is 146 Å². The van der Waals surface area contributed by atoms with E-state index in [2.05, 4.69) is 6.92 Å². The number of unbranched alkanes of at least 4 members (excludes halogenated alkanes) is 14. The summed E-state index contributed by atoms with van der Waals surface area (Å²) in [6.07, 6.45) is 22.5. The minimum absolute atomic E-state index is 0.363. The molecule has 0 aromatic carbocycles. The molecular weight excluding hydrogens is 284 g/mol. The van der Waals surface area contributed by atoms with Gasteiger partial charge in [0.2, 0.25) is 0 Å². The van der Waals surface area contributed by atoms with Gasteiger partial charge in [-0.05, 0) is 18.8 Å². The predicted molar refractivity (Wildman–Crippen MR) is 102 cm³/mol. The van der Waals surface area contributed by atoms with Crippen molar-refractivity contribution in [1.82, 2.24) is 0 Å². The minimum atomic E-state index is 0.363. The fraction of sp³-hybridized carbons (Fsp3) is 1.00. The van der Waals surface area contributed by atoms with Crippen LogP contribution < -0.4 is 0 Å². The van der Waals surface area contributed by atoms with Crippen molar-refractivity contribution in [3.8, 4) is 0 Å².